The molecule has 0 aromatic rings. The van der Waals surface area contributed by atoms with Gasteiger partial charge in [-0.1, -0.05) is 0 Å². The molecule has 0 bridgehead atoms. The number of nitrogens with one attached hydrogen (secondary N) is 1. The number of likely N-dealkylation sites (N-methyl/N-ethyl adjacent to an activating group) is 1. The molecule has 90 valence electrons. The molecule has 0 aromatic heterocycles. The Morgan fingerprint density at radius 1 is 1.50 bits per heavy atom. The first-order valence-electron chi connectivity index (χ1n) is 5.93. The molecule has 1 unspecified atom stereocenters. The summed E-state index contributed by atoms with van der Waals surface area (Å²) in [6.45, 7) is 2.88. The zero-order valence-electron chi connectivity index (χ0n) is 9.86. The fourth-order valence-electron chi connectivity index (χ4n) is 2.32. The Hall–Kier alpha value is -1.00. The average molecular weight is 223 g/mol. The van der Waals surface area contributed by atoms with Gasteiger partial charge in [0.25, 0.3) is 0 Å². The molecule has 0 aliphatic carbocycles. The molecular weight excluding hydrogens is 202 g/mol. The molecule has 16 heavy (non-hydrogen) atoms. The molecule has 2 aliphatic heterocycles. The summed E-state index contributed by atoms with van der Waals surface area (Å²) < 4.78 is 5.37. The van der Waals surface area contributed by atoms with Crippen LogP contribution in [0.4, 0.5) is 0 Å². The Balaban J connectivity index is 1.84. The van der Waals surface area contributed by atoms with Crippen LogP contribution >= 0.6 is 0 Å². The highest BCUT2D eigenvalue weighted by Crippen LogP contribution is 2.17. The quantitative estimate of drug-likeness (QED) is 0.737. The molecule has 0 radical (unpaired) electrons. The Bertz CT molecular complexity index is 282. The second-order valence-corrected chi connectivity index (χ2v) is 4.59. The zero-order valence-corrected chi connectivity index (χ0v) is 9.86. The standard InChI is InChI=1S/C12H21N3O/c1-15(9-10-4-7-16-8-5-10)12-11(13)3-2-6-14-12/h2-3,6,10,12,14H,4-5,7-9,13H2,1H3. The molecule has 0 amide bonds. The lowest BCUT2D eigenvalue weighted by Crippen LogP contribution is -2.48. The van der Waals surface area contributed by atoms with E-state index in [1.54, 1.807) is 0 Å². The van der Waals surface area contributed by atoms with Crippen LogP contribution < -0.4 is 11.1 Å². The second-order valence-electron chi connectivity index (χ2n) is 4.59. The number of rotatable bonds is 3. The van der Waals surface area contributed by atoms with E-state index in [4.69, 9.17) is 10.5 Å². The van der Waals surface area contributed by atoms with Crippen LogP contribution in [0.3, 0.4) is 0 Å². The van der Waals surface area contributed by atoms with Gasteiger partial charge in [0.15, 0.2) is 0 Å². The van der Waals surface area contributed by atoms with Gasteiger partial charge < -0.3 is 15.8 Å². The van der Waals surface area contributed by atoms with Gasteiger partial charge in [-0.05, 0) is 44.2 Å². The molecule has 1 atom stereocenters. The van der Waals surface area contributed by atoms with Gasteiger partial charge in [0.05, 0.1) is 0 Å². The maximum absolute atomic E-state index is 5.97. The van der Waals surface area contributed by atoms with Crippen molar-refractivity contribution in [3.05, 3.63) is 24.0 Å². The van der Waals surface area contributed by atoms with Crippen molar-refractivity contribution in [2.75, 3.05) is 26.8 Å². The van der Waals surface area contributed by atoms with E-state index >= 15 is 0 Å². The molecule has 0 spiro atoms. The molecular formula is C12H21N3O. The summed E-state index contributed by atoms with van der Waals surface area (Å²) in [5.74, 6) is 0.735. The summed E-state index contributed by atoms with van der Waals surface area (Å²) in [6, 6.07) is 0. The van der Waals surface area contributed by atoms with E-state index in [0.29, 0.717) is 0 Å². The van der Waals surface area contributed by atoms with Gasteiger partial charge in [0.1, 0.15) is 6.17 Å². The molecule has 3 N–H and O–H groups in total. The maximum atomic E-state index is 5.97. The highest BCUT2D eigenvalue weighted by atomic mass is 16.5. The van der Waals surface area contributed by atoms with Crippen LogP contribution in [0, 0.1) is 5.92 Å². The molecule has 2 aliphatic rings. The number of ether oxygens (including phenoxy) is 1. The van der Waals surface area contributed by atoms with E-state index in [9.17, 15) is 0 Å². The van der Waals surface area contributed by atoms with Crippen LogP contribution in [0.15, 0.2) is 24.0 Å². The van der Waals surface area contributed by atoms with Gasteiger partial charge in [0.2, 0.25) is 0 Å². The smallest absolute Gasteiger partial charge is 0.120 e. The summed E-state index contributed by atoms with van der Waals surface area (Å²) in [5, 5.41) is 3.28. The lowest BCUT2D eigenvalue weighted by atomic mass is 9.99. The third-order valence-corrected chi connectivity index (χ3v) is 3.28. The van der Waals surface area contributed by atoms with Crippen molar-refractivity contribution in [3.8, 4) is 0 Å². The molecule has 1 fully saturated rings. The largest absolute Gasteiger partial charge is 0.399 e. The Morgan fingerprint density at radius 2 is 2.25 bits per heavy atom. The zero-order chi connectivity index (χ0) is 11.4. The number of hydrogen-bond acceptors (Lipinski definition) is 4. The SMILES string of the molecule is CN(CC1CCOCC1)C1NC=CC=C1N. The van der Waals surface area contributed by atoms with E-state index in [1.807, 2.05) is 18.4 Å². The Morgan fingerprint density at radius 3 is 2.94 bits per heavy atom. The van der Waals surface area contributed by atoms with Gasteiger partial charge in [0, 0.05) is 25.5 Å². The maximum Gasteiger partial charge on any atom is 0.120 e. The summed E-state index contributed by atoms with van der Waals surface area (Å²) >= 11 is 0. The van der Waals surface area contributed by atoms with Crippen LogP contribution in [-0.2, 0) is 4.74 Å². The third kappa shape index (κ3) is 2.77. The first kappa shape index (κ1) is 11.5. The van der Waals surface area contributed by atoms with Crippen LogP contribution in [0.5, 0.6) is 0 Å². The van der Waals surface area contributed by atoms with Crippen molar-refractivity contribution in [1.82, 2.24) is 10.2 Å². The van der Waals surface area contributed by atoms with E-state index < -0.39 is 0 Å². The first-order chi connectivity index (χ1) is 7.77. The van der Waals surface area contributed by atoms with Gasteiger partial charge >= 0.3 is 0 Å². The number of allylic oxidation sites excluding steroid dienone is 2. The van der Waals surface area contributed by atoms with Gasteiger partial charge in [-0.2, -0.15) is 0 Å². The van der Waals surface area contributed by atoms with Crippen molar-refractivity contribution >= 4 is 0 Å². The van der Waals surface area contributed by atoms with Gasteiger partial charge in [-0.15, -0.1) is 0 Å². The van der Waals surface area contributed by atoms with E-state index in [1.165, 1.54) is 0 Å². The topological polar surface area (TPSA) is 50.5 Å². The molecule has 0 saturated carbocycles. The highest BCUT2D eigenvalue weighted by Gasteiger charge is 2.22. The van der Waals surface area contributed by atoms with Gasteiger partial charge in [-0.3, -0.25) is 4.90 Å². The lowest BCUT2D eigenvalue weighted by molar-refractivity contribution is 0.0510. The van der Waals surface area contributed by atoms with Crippen molar-refractivity contribution in [2.45, 2.75) is 19.0 Å². The summed E-state index contributed by atoms with van der Waals surface area (Å²) in [5.41, 5.74) is 6.85. The van der Waals surface area contributed by atoms with Crippen LogP contribution in [-0.4, -0.2) is 37.9 Å². The lowest BCUT2D eigenvalue weighted by Gasteiger charge is -2.34. The summed E-state index contributed by atoms with van der Waals surface area (Å²) in [6.07, 6.45) is 8.32. The molecule has 4 heteroatoms. The summed E-state index contributed by atoms with van der Waals surface area (Å²) in [7, 11) is 2.12. The number of nitrogens with two attached hydrogens (primary N) is 1. The van der Waals surface area contributed by atoms with Crippen LogP contribution in [0.25, 0.3) is 0 Å². The number of dihydropyridines is 1. The number of nitrogens with zero attached hydrogens (tertiary/aromatic N) is 1. The van der Waals surface area contributed by atoms with Crippen LogP contribution in [0.1, 0.15) is 12.8 Å². The minimum absolute atomic E-state index is 0.146. The van der Waals surface area contributed by atoms with Crippen molar-refractivity contribution in [1.29, 1.82) is 0 Å². The van der Waals surface area contributed by atoms with E-state index in [-0.39, 0.29) is 6.17 Å². The van der Waals surface area contributed by atoms with Crippen molar-refractivity contribution in [2.24, 2.45) is 11.7 Å². The first-order valence-corrected chi connectivity index (χ1v) is 5.93. The molecule has 4 nitrogen and oxygen atoms in total. The monoisotopic (exact) mass is 223 g/mol. The minimum Gasteiger partial charge on any atom is -0.399 e. The third-order valence-electron chi connectivity index (χ3n) is 3.28. The molecule has 1 saturated heterocycles. The van der Waals surface area contributed by atoms with Gasteiger partial charge in [-0.25, -0.2) is 0 Å². The number of hydrogen-bond donors (Lipinski definition) is 2. The van der Waals surface area contributed by atoms with Crippen LogP contribution in [0.2, 0.25) is 0 Å². The van der Waals surface area contributed by atoms with Crippen molar-refractivity contribution in [3.63, 3.8) is 0 Å². The van der Waals surface area contributed by atoms with Crippen molar-refractivity contribution < 1.29 is 4.74 Å². The average Bonchev–Trinajstić information content (AvgIpc) is 2.31. The minimum atomic E-state index is 0.146. The Kier molecular flexibility index (Phi) is 3.85. The fourth-order valence-corrected chi connectivity index (χ4v) is 2.32. The normalized spacial score (nSPS) is 26.6. The van der Waals surface area contributed by atoms with E-state index in [0.717, 1.165) is 44.2 Å². The highest BCUT2D eigenvalue weighted by molar-refractivity contribution is 5.19. The predicted molar refractivity (Wildman–Crippen MR) is 64.5 cm³/mol. The molecule has 0 aromatic carbocycles. The molecule has 2 rings (SSSR count). The van der Waals surface area contributed by atoms with E-state index in [2.05, 4.69) is 17.3 Å². The fraction of sp³-hybridized carbons (Fsp3) is 0.667. The predicted octanol–water partition coefficient (Wildman–Crippen LogP) is 0.630. The second kappa shape index (κ2) is 5.37. The molecule has 2 heterocycles. The Labute approximate surface area is 97.1 Å². The summed E-state index contributed by atoms with van der Waals surface area (Å²) in [4.78, 5) is 2.28.